The summed E-state index contributed by atoms with van der Waals surface area (Å²) in [7, 11) is 1.48. The summed E-state index contributed by atoms with van der Waals surface area (Å²) in [6.45, 7) is 0. The standard InChI is InChI=1S/C16H12F3NO2/c1-21-15-10-13(6-5-11(15)7-8-20)12-3-2-4-14(9-12)22-16(17,18)19/h2-6,9-10H,7H2,1H3. The molecule has 0 atom stereocenters. The molecular weight excluding hydrogens is 295 g/mol. The Morgan fingerprint density at radius 1 is 1.09 bits per heavy atom. The maximum atomic E-state index is 12.3. The van der Waals surface area contributed by atoms with Crippen molar-refractivity contribution in [1.29, 1.82) is 5.26 Å². The molecule has 0 saturated carbocycles. The zero-order valence-electron chi connectivity index (χ0n) is 11.6. The van der Waals surface area contributed by atoms with E-state index in [1.165, 1.54) is 25.3 Å². The van der Waals surface area contributed by atoms with Crippen LogP contribution in [0.5, 0.6) is 11.5 Å². The molecule has 22 heavy (non-hydrogen) atoms. The van der Waals surface area contributed by atoms with Crippen LogP contribution in [0, 0.1) is 11.3 Å². The summed E-state index contributed by atoms with van der Waals surface area (Å²) in [5.74, 6) is 0.228. The van der Waals surface area contributed by atoms with Crippen molar-refractivity contribution in [2.24, 2.45) is 0 Å². The lowest BCUT2D eigenvalue weighted by atomic mass is 10.0. The van der Waals surface area contributed by atoms with Gasteiger partial charge in [-0.25, -0.2) is 0 Å². The van der Waals surface area contributed by atoms with Crippen LogP contribution in [0.15, 0.2) is 42.5 Å². The zero-order valence-corrected chi connectivity index (χ0v) is 11.6. The number of methoxy groups -OCH3 is 1. The van der Waals surface area contributed by atoms with Crippen molar-refractivity contribution in [3.05, 3.63) is 48.0 Å². The third-order valence-electron chi connectivity index (χ3n) is 2.96. The Kier molecular flexibility index (Phi) is 4.56. The van der Waals surface area contributed by atoms with Crippen molar-refractivity contribution in [3.63, 3.8) is 0 Å². The van der Waals surface area contributed by atoms with Crippen molar-refractivity contribution < 1.29 is 22.6 Å². The van der Waals surface area contributed by atoms with Crippen LogP contribution in [0.25, 0.3) is 11.1 Å². The number of rotatable bonds is 4. The fourth-order valence-electron chi connectivity index (χ4n) is 2.03. The third-order valence-corrected chi connectivity index (χ3v) is 2.96. The quantitative estimate of drug-likeness (QED) is 0.844. The van der Waals surface area contributed by atoms with E-state index in [2.05, 4.69) is 4.74 Å². The van der Waals surface area contributed by atoms with Crippen LogP contribution < -0.4 is 9.47 Å². The second-order valence-electron chi connectivity index (χ2n) is 4.44. The summed E-state index contributed by atoms with van der Waals surface area (Å²) >= 11 is 0. The van der Waals surface area contributed by atoms with E-state index in [9.17, 15) is 13.2 Å². The van der Waals surface area contributed by atoms with Crippen molar-refractivity contribution in [3.8, 4) is 28.7 Å². The second-order valence-corrected chi connectivity index (χ2v) is 4.44. The van der Waals surface area contributed by atoms with Crippen molar-refractivity contribution in [2.45, 2.75) is 12.8 Å². The van der Waals surface area contributed by atoms with E-state index in [-0.39, 0.29) is 12.2 Å². The molecule has 0 saturated heterocycles. The molecule has 6 heteroatoms. The lowest BCUT2D eigenvalue weighted by Crippen LogP contribution is -2.17. The number of nitrogens with zero attached hydrogens (tertiary/aromatic N) is 1. The van der Waals surface area contributed by atoms with Gasteiger partial charge in [-0.15, -0.1) is 13.2 Å². The molecule has 2 aromatic carbocycles. The number of ether oxygens (including phenoxy) is 2. The van der Waals surface area contributed by atoms with E-state index < -0.39 is 6.36 Å². The van der Waals surface area contributed by atoms with E-state index in [0.717, 1.165) is 5.56 Å². The number of alkyl halides is 3. The first kappa shape index (κ1) is 15.7. The number of halogens is 3. The average Bonchev–Trinajstić information content (AvgIpc) is 2.46. The molecule has 0 aliphatic heterocycles. The molecule has 2 aromatic rings. The zero-order chi connectivity index (χ0) is 16.2. The van der Waals surface area contributed by atoms with Crippen molar-refractivity contribution >= 4 is 0 Å². The smallest absolute Gasteiger partial charge is 0.496 e. The highest BCUT2D eigenvalue weighted by atomic mass is 19.4. The molecule has 0 aliphatic rings. The van der Waals surface area contributed by atoms with Crippen LogP contribution in [0.3, 0.4) is 0 Å². The molecule has 0 N–H and O–H groups in total. The molecule has 0 bridgehead atoms. The summed E-state index contributed by atoms with van der Waals surface area (Å²) in [6, 6.07) is 12.8. The number of hydrogen-bond acceptors (Lipinski definition) is 3. The number of nitriles is 1. The Labute approximate surface area is 125 Å². The van der Waals surface area contributed by atoms with Gasteiger partial charge in [-0.3, -0.25) is 0 Å². The molecule has 0 heterocycles. The van der Waals surface area contributed by atoms with Crippen LogP contribution >= 0.6 is 0 Å². The summed E-state index contributed by atoms with van der Waals surface area (Å²) in [5, 5.41) is 8.74. The summed E-state index contributed by atoms with van der Waals surface area (Å²) in [6.07, 6.45) is -4.53. The Balaban J connectivity index is 2.36. The minimum atomic E-state index is -4.73. The predicted octanol–water partition coefficient (Wildman–Crippen LogP) is 4.33. The van der Waals surface area contributed by atoms with E-state index in [4.69, 9.17) is 10.00 Å². The Hall–Kier alpha value is -2.68. The van der Waals surface area contributed by atoms with Gasteiger partial charge in [-0.05, 0) is 29.3 Å². The molecule has 0 radical (unpaired) electrons. The fourth-order valence-corrected chi connectivity index (χ4v) is 2.03. The molecule has 3 nitrogen and oxygen atoms in total. The lowest BCUT2D eigenvalue weighted by molar-refractivity contribution is -0.274. The maximum absolute atomic E-state index is 12.3. The topological polar surface area (TPSA) is 42.2 Å². The lowest BCUT2D eigenvalue weighted by Gasteiger charge is -2.12. The van der Waals surface area contributed by atoms with Gasteiger partial charge in [0.15, 0.2) is 0 Å². The number of benzene rings is 2. The predicted molar refractivity (Wildman–Crippen MR) is 74.4 cm³/mol. The minimum absolute atomic E-state index is 0.195. The van der Waals surface area contributed by atoms with E-state index in [1.54, 1.807) is 24.3 Å². The normalized spacial score (nSPS) is 10.9. The van der Waals surface area contributed by atoms with Crippen molar-refractivity contribution in [1.82, 2.24) is 0 Å². The first-order chi connectivity index (χ1) is 10.4. The first-order valence-corrected chi connectivity index (χ1v) is 6.33. The SMILES string of the molecule is COc1cc(-c2cccc(OC(F)(F)F)c2)ccc1CC#N. The van der Waals surface area contributed by atoms with Gasteiger partial charge in [-0.2, -0.15) is 5.26 Å². The highest BCUT2D eigenvalue weighted by molar-refractivity contribution is 5.67. The molecule has 0 spiro atoms. The summed E-state index contributed by atoms with van der Waals surface area (Å²) in [4.78, 5) is 0. The number of hydrogen-bond donors (Lipinski definition) is 0. The summed E-state index contributed by atoms with van der Waals surface area (Å²) < 4.78 is 45.9. The van der Waals surface area contributed by atoms with Crippen LogP contribution in [-0.2, 0) is 6.42 Å². The van der Waals surface area contributed by atoms with Crippen molar-refractivity contribution in [2.75, 3.05) is 7.11 Å². The molecule has 2 rings (SSSR count). The van der Waals surface area contributed by atoms with Gasteiger partial charge in [-0.1, -0.05) is 24.3 Å². The largest absolute Gasteiger partial charge is 0.573 e. The van der Waals surface area contributed by atoms with Gasteiger partial charge in [0, 0.05) is 5.56 Å². The van der Waals surface area contributed by atoms with Gasteiger partial charge < -0.3 is 9.47 Å². The summed E-state index contributed by atoms with van der Waals surface area (Å²) in [5.41, 5.74) is 1.95. The van der Waals surface area contributed by atoms with E-state index >= 15 is 0 Å². The van der Waals surface area contributed by atoms with Gasteiger partial charge >= 0.3 is 6.36 Å². The minimum Gasteiger partial charge on any atom is -0.496 e. The molecule has 0 unspecified atom stereocenters. The molecule has 0 fully saturated rings. The van der Waals surface area contributed by atoms with E-state index in [1.807, 2.05) is 6.07 Å². The van der Waals surface area contributed by atoms with Crippen LogP contribution in [0.4, 0.5) is 13.2 Å². The van der Waals surface area contributed by atoms with Gasteiger partial charge in [0.2, 0.25) is 0 Å². The van der Waals surface area contributed by atoms with Crippen LogP contribution in [-0.4, -0.2) is 13.5 Å². The molecular formula is C16H12F3NO2. The first-order valence-electron chi connectivity index (χ1n) is 6.33. The Morgan fingerprint density at radius 3 is 2.45 bits per heavy atom. The maximum Gasteiger partial charge on any atom is 0.573 e. The third kappa shape index (κ3) is 3.92. The van der Waals surface area contributed by atoms with Gasteiger partial charge in [0.05, 0.1) is 19.6 Å². The van der Waals surface area contributed by atoms with Gasteiger partial charge in [0.25, 0.3) is 0 Å². The molecule has 0 aromatic heterocycles. The van der Waals surface area contributed by atoms with E-state index in [0.29, 0.717) is 16.9 Å². The molecule has 114 valence electrons. The Morgan fingerprint density at radius 2 is 1.82 bits per heavy atom. The monoisotopic (exact) mass is 307 g/mol. The molecule has 0 amide bonds. The highest BCUT2D eigenvalue weighted by Gasteiger charge is 2.31. The fraction of sp³-hybridized carbons (Fsp3) is 0.188. The molecule has 0 aliphatic carbocycles. The van der Waals surface area contributed by atoms with Crippen LogP contribution in [0.2, 0.25) is 0 Å². The Bertz CT molecular complexity index is 705. The van der Waals surface area contributed by atoms with Crippen LogP contribution in [0.1, 0.15) is 5.56 Å². The van der Waals surface area contributed by atoms with Gasteiger partial charge in [0.1, 0.15) is 11.5 Å². The second kappa shape index (κ2) is 6.39. The highest BCUT2D eigenvalue weighted by Crippen LogP contribution is 2.31. The average molecular weight is 307 g/mol.